The van der Waals surface area contributed by atoms with Crippen molar-refractivity contribution in [3.8, 4) is 0 Å². The first kappa shape index (κ1) is 27.1. The first-order valence-corrected chi connectivity index (χ1v) is 16.1. The van der Waals surface area contributed by atoms with Gasteiger partial charge in [0.25, 0.3) is 0 Å². The summed E-state index contributed by atoms with van der Waals surface area (Å²) in [6.07, 6.45) is 10.5. The highest BCUT2D eigenvalue weighted by Gasteiger charge is 2.60. The highest BCUT2D eigenvalue weighted by Crippen LogP contribution is 2.67. The highest BCUT2D eigenvalue weighted by molar-refractivity contribution is 7.89. The molecule has 8 atom stereocenters. The third-order valence-electron chi connectivity index (χ3n) is 11.6. The lowest BCUT2D eigenvalue weighted by atomic mass is 9.44. The summed E-state index contributed by atoms with van der Waals surface area (Å²) >= 11 is 0. The molecule has 0 bridgehead atoms. The van der Waals surface area contributed by atoms with Gasteiger partial charge in [-0.25, -0.2) is 17.4 Å². The Balaban J connectivity index is 1.22. The van der Waals surface area contributed by atoms with Gasteiger partial charge in [0.1, 0.15) is 4.90 Å². The van der Waals surface area contributed by atoms with Gasteiger partial charge in [-0.3, -0.25) is 5.43 Å². The number of nitrogens with zero attached hydrogens (tertiary/aromatic N) is 4. The van der Waals surface area contributed by atoms with Gasteiger partial charge in [-0.15, -0.1) is 0 Å². The number of nitrogens with one attached hydrogen (secondary N) is 1. The molecular formula is C29H43N5O4S. The zero-order valence-corrected chi connectivity index (χ0v) is 24.7. The summed E-state index contributed by atoms with van der Waals surface area (Å²) in [5.41, 5.74) is 6.02. The Bertz CT molecular complexity index is 1390. The van der Waals surface area contributed by atoms with E-state index in [9.17, 15) is 13.5 Å². The summed E-state index contributed by atoms with van der Waals surface area (Å²) < 4.78 is 31.6. The molecule has 0 aliphatic heterocycles. The maximum absolute atomic E-state index is 12.7. The molecule has 0 amide bonds. The minimum absolute atomic E-state index is 0.0637. The van der Waals surface area contributed by atoms with Gasteiger partial charge in [0.15, 0.2) is 11.0 Å². The van der Waals surface area contributed by atoms with Crippen LogP contribution >= 0.6 is 0 Å². The monoisotopic (exact) mass is 557 g/mol. The van der Waals surface area contributed by atoms with Crippen LogP contribution in [0.3, 0.4) is 0 Å². The molecule has 214 valence electrons. The van der Waals surface area contributed by atoms with Crippen LogP contribution in [-0.4, -0.2) is 54.1 Å². The molecule has 1 aromatic carbocycles. The molecule has 0 radical (unpaired) electrons. The minimum Gasteiger partial charge on any atom is -0.393 e. The highest BCUT2D eigenvalue weighted by atomic mass is 32.2. The van der Waals surface area contributed by atoms with Crippen LogP contribution in [0.2, 0.25) is 0 Å². The second-order valence-electron chi connectivity index (χ2n) is 13.5. The van der Waals surface area contributed by atoms with Crippen LogP contribution in [0.1, 0.15) is 78.6 Å². The molecule has 6 rings (SSSR count). The van der Waals surface area contributed by atoms with Gasteiger partial charge in [0, 0.05) is 25.7 Å². The second kappa shape index (κ2) is 9.52. The Kier molecular flexibility index (Phi) is 6.62. The van der Waals surface area contributed by atoms with Crippen LogP contribution in [0, 0.1) is 40.4 Å². The van der Waals surface area contributed by atoms with Crippen molar-refractivity contribution in [1.82, 2.24) is 14.6 Å². The normalized spacial score (nSPS) is 38.9. The van der Waals surface area contributed by atoms with Crippen molar-refractivity contribution in [2.24, 2.45) is 45.5 Å². The number of hydrogen-bond donors (Lipinski definition) is 2. The Morgan fingerprint density at radius 2 is 1.74 bits per heavy atom. The molecule has 2 aromatic rings. The molecule has 4 saturated carbocycles. The van der Waals surface area contributed by atoms with Gasteiger partial charge in [-0.1, -0.05) is 13.8 Å². The number of benzene rings is 1. The Morgan fingerprint density at radius 1 is 1.03 bits per heavy atom. The lowest BCUT2D eigenvalue weighted by molar-refractivity contribution is -0.123. The van der Waals surface area contributed by atoms with Crippen LogP contribution in [0.25, 0.3) is 11.0 Å². The Labute approximate surface area is 231 Å². The van der Waals surface area contributed by atoms with E-state index in [2.05, 4.69) is 36.5 Å². The van der Waals surface area contributed by atoms with E-state index in [0.717, 1.165) is 47.0 Å². The van der Waals surface area contributed by atoms with Gasteiger partial charge >= 0.3 is 0 Å². The summed E-state index contributed by atoms with van der Waals surface area (Å²) in [7, 11) is -0.708. The van der Waals surface area contributed by atoms with Crippen molar-refractivity contribution in [3.05, 3.63) is 12.1 Å². The van der Waals surface area contributed by atoms with Gasteiger partial charge < -0.3 is 5.11 Å². The summed E-state index contributed by atoms with van der Waals surface area (Å²) in [6, 6.07) is 3.22. The van der Waals surface area contributed by atoms with E-state index in [4.69, 9.17) is 9.73 Å². The number of hydrazone groups is 1. The second-order valence-corrected chi connectivity index (χ2v) is 15.6. The van der Waals surface area contributed by atoms with Crippen LogP contribution < -0.4 is 5.43 Å². The number of aliphatic hydroxyl groups is 1. The molecule has 4 fully saturated rings. The van der Waals surface area contributed by atoms with Crippen molar-refractivity contribution < 1.29 is 18.2 Å². The molecule has 4 aliphatic carbocycles. The van der Waals surface area contributed by atoms with Crippen LogP contribution in [0.4, 0.5) is 5.69 Å². The standard InChI is InChI=1S/C29H43N5O4S/c1-17(30-31-24-10-11-25(39(36,37)34(4)5)27-26(24)32-38-33-27)21-8-9-22-20-7-6-18-16-19(35)12-14-28(18,2)23(20)13-15-29(21,22)3/h10-11,18-23,31,35H,6-9,12-16H2,1-5H3/b30-17+/t18-,19+,20+,21-,22+,23+,28+,29-/m1/s1. The van der Waals surface area contributed by atoms with Crippen LogP contribution in [-0.2, 0) is 10.0 Å². The smallest absolute Gasteiger partial charge is 0.244 e. The van der Waals surface area contributed by atoms with E-state index in [1.807, 2.05) is 0 Å². The zero-order chi connectivity index (χ0) is 27.7. The molecule has 0 spiro atoms. The van der Waals surface area contributed by atoms with Crippen LogP contribution in [0.15, 0.2) is 26.8 Å². The van der Waals surface area contributed by atoms with Crippen molar-refractivity contribution >= 4 is 32.5 Å². The molecule has 9 nitrogen and oxygen atoms in total. The Morgan fingerprint density at radius 3 is 2.51 bits per heavy atom. The molecular weight excluding hydrogens is 514 g/mol. The topological polar surface area (TPSA) is 121 Å². The van der Waals surface area contributed by atoms with Crippen molar-refractivity contribution in [2.45, 2.75) is 89.6 Å². The number of anilines is 1. The number of fused-ring (bicyclic) bond motifs is 6. The summed E-state index contributed by atoms with van der Waals surface area (Å²) in [6.45, 7) is 7.17. The van der Waals surface area contributed by atoms with Crippen molar-refractivity contribution in [1.29, 1.82) is 0 Å². The van der Waals surface area contributed by atoms with Gasteiger partial charge in [-0.2, -0.15) is 5.10 Å². The van der Waals surface area contributed by atoms with Gasteiger partial charge in [0.05, 0.1) is 11.8 Å². The first-order valence-electron chi connectivity index (χ1n) is 14.6. The molecule has 1 aromatic heterocycles. The fourth-order valence-electron chi connectivity index (χ4n) is 9.49. The zero-order valence-electron chi connectivity index (χ0n) is 23.9. The molecule has 1 heterocycles. The molecule has 0 unspecified atom stereocenters. The van der Waals surface area contributed by atoms with Crippen molar-refractivity contribution in [3.63, 3.8) is 0 Å². The maximum atomic E-state index is 12.7. The third kappa shape index (κ3) is 4.15. The lowest BCUT2D eigenvalue weighted by Crippen LogP contribution is -2.54. The third-order valence-corrected chi connectivity index (χ3v) is 13.5. The fraction of sp³-hybridized carbons (Fsp3) is 0.759. The number of aliphatic hydroxyl groups excluding tert-OH is 1. The predicted octanol–water partition coefficient (Wildman–Crippen LogP) is 5.28. The van der Waals surface area contributed by atoms with Gasteiger partial charge in [0.2, 0.25) is 10.0 Å². The van der Waals surface area contributed by atoms with E-state index in [0.29, 0.717) is 28.5 Å². The maximum Gasteiger partial charge on any atom is 0.244 e. The molecule has 4 aliphatic rings. The van der Waals surface area contributed by atoms with Crippen molar-refractivity contribution in [2.75, 3.05) is 19.5 Å². The molecule has 39 heavy (non-hydrogen) atoms. The first-order chi connectivity index (χ1) is 18.5. The van der Waals surface area contributed by atoms with Crippen LogP contribution in [0.5, 0.6) is 0 Å². The fourth-order valence-corrected chi connectivity index (χ4v) is 10.5. The summed E-state index contributed by atoms with van der Waals surface area (Å²) in [4.78, 5) is 0.0637. The van der Waals surface area contributed by atoms with E-state index >= 15 is 0 Å². The lowest BCUT2D eigenvalue weighted by Gasteiger charge is -2.61. The summed E-state index contributed by atoms with van der Waals surface area (Å²) in [5.74, 6) is 3.37. The number of sulfonamides is 1. The molecule has 0 saturated heterocycles. The number of hydrogen-bond acceptors (Lipinski definition) is 8. The van der Waals surface area contributed by atoms with E-state index in [1.54, 1.807) is 6.07 Å². The largest absolute Gasteiger partial charge is 0.393 e. The van der Waals surface area contributed by atoms with E-state index in [-0.39, 0.29) is 21.9 Å². The van der Waals surface area contributed by atoms with E-state index in [1.165, 1.54) is 58.7 Å². The molecule has 2 N–H and O–H groups in total. The number of aromatic nitrogens is 2. The molecule has 10 heteroatoms. The average molecular weight is 558 g/mol. The summed E-state index contributed by atoms with van der Waals surface area (Å²) in [5, 5.41) is 23.0. The number of rotatable bonds is 5. The van der Waals surface area contributed by atoms with E-state index < -0.39 is 10.0 Å². The SMILES string of the molecule is C/C(=N\Nc1ccc(S(=O)(=O)N(C)C)c2nonc12)[C@H]1CC[C@H]2[C@@H]3CC[C@@H]4C[C@@H](O)CC[C@]4(C)[C@H]3CC[C@]12C. The van der Waals surface area contributed by atoms with Gasteiger partial charge in [-0.05, 0) is 122 Å². The quantitative estimate of drug-likeness (QED) is 0.379. The minimum atomic E-state index is -3.69. The Hall–Kier alpha value is -2.04. The average Bonchev–Trinajstić information content (AvgIpc) is 3.52. The predicted molar refractivity (Wildman–Crippen MR) is 151 cm³/mol.